The van der Waals surface area contributed by atoms with Crippen molar-refractivity contribution in [3.63, 3.8) is 0 Å². The molecule has 1 N–H and O–H groups in total. The van der Waals surface area contributed by atoms with Gasteiger partial charge in [0.15, 0.2) is 5.58 Å². The van der Waals surface area contributed by atoms with Gasteiger partial charge in [-0.1, -0.05) is 17.3 Å². The van der Waals surface area contributed by atoms with E-state index >= 15 is 0 Å². The number of aliphatic hydroxyl groups is 1. The smallest absolute Gasteiger partial charge is 0.172 e. The van der Waals surface area contributed by atoms with Gasteiger partial charge >= 0.3 is 0 Å². The first-order valence-corrected chi connectivity index (χ1v) is 4.36. The van der Waals surface area contributed by atoms with E-state index in [0.717, 1.165) is 29.4 Å². The summed E-state index contributed by atoms with van der Waals surface area (Å²) >= 11 is 0. The van der Waals surface area contributed by atoms with Gasteiger partial charge in [0.1, 0.15) is 0 Å². The number of nitrogens with zero attached hydrogens (tertiary/aromatic N) is 1. The summed E-state index contributed by atoms with van der Waals surface area (Å²) in [5, 5.41) is 14.6. The zero-order valence-electron chi connectivity index (χ0n) is 7.03. The average molecular weight is 175 g/mol. The maximum Gasteiger partial charge on any atom is 0.172 e. The topological polar surface area (TPSA) is 46.3 Å². The molecule has 0 radical (unpaired) electrons. The second-order valence-corrected chi connectivity index (χ2v) is 3.58. The molecule has 1 aromatic heterocycles. The molecule has 0 bridgehead atoms. The van der Waals surface area contributed by atoms with Gasteiger partial charge in [-0.05, 0) is 18.9 Å². The summed E-state index contributed by atoms with van der Waals surface area (Å²) in [5.41, 5.74) is 0.962. The number of fused-ring (bicyclic) bond motifs is 1. The van der Waals surface area contributed by atoms with Crippen LogP contribution in [-0.2, 0) is 5.60 Å². The Morgan fingerprint density at radius 2 is 2.23 bits per heavy atom. The molecule has 0 atom stereocenters. The molecule has 2 aromatic rings. The van der Waals surface area contributed by atoms with Crippen molar-refractivity contribution in [2.24, 2.45) is 0 Å². The van der Waals surface area contributed by atoms with E-state index in [1.807, 2.05) is 18.2 Å². The van der Waals surface area contributed by atoms with Crippen LogP contribution in [0.5, 0.6) is 0 Å². The second-order valence-electron chi connectivity index (χ2n) is 3.58. The van der Waals surface area contributed by atoms with Crippen LogP contribution < -0.4 is 0 Å². The summed E-state index contributed by atoms with van der Waals surface area (Å²) in [6.07, 6.45) is 3.32. The number of rotatable bonds is 1. The fourth-order valence-electron chi connectivity index (χ4n) is 1.65. The second kappa shape index (κ2) is 2.12. The minimum absolute atomic E-state index is 0.640. The van der Waals surface area contributed by atoms with E-state index in [0.29, 0.717) is 0 Å². The lowest BCUT2D eigenvalue weighted by Crippen LogP contribution is -2.03. The lowest BCUT2D eigenvalue weighted by Gasteiger charge is -2.06. The molecule has 3 heteroatoms. The minimum atomic E-state index is -0.640. The third-order valence-corrected chi connectivity index (χ3v) is 2.61. The Hall–Kier alpha value is -1.35. The molecule has 1 heterocycles. The number of aromatic nitrogens is 1. The molecule has 13 heavy (non-hydrogen) atoms. The third kappa shape index (κ3) is 0.906. The molecule has 3 rings (SSSR count). The zero-order chi connectivity index (χ0) is 8.89. The fourth-order valence-corrected chi connectivity index (χ4v) is 1.65. The summed E-state index contributed by atoms with van der Waals surface area (Å²) in [6.45, 7) is 0. The van der Waals surface area contributed by atoms with Gasteiger partial charge in [0, 0.05) is 10.9 Å². The summed E-state index contributed by atoms with van der Waals surface area (Å²) < 4.78 is 5.11. The SMILES string of the molecule is OC1(c2cccc3cnoc23)CC1. The molecule has 1 aromatic carbocycles. The van der Waals surface area contributed by atoms with Crippen molar-refractivity contribution in [1.82, 2.24) is 5.16 Å². The Balaban J connectivity index is 2.33. The lowest BCUT2D eigenvalue weighted by molar-refractivity contribution is 0.151. The van der Waals surface area contributed by atoms with Crippen LogP contribution in [0.3, 0.4) is 0 Å². The van der Waals surface area contributed by atoms with Crippen LogP contribution >= 0.6 is 0 Å². The van der Waals surface area contributed by atoms with Crippen LogP contribution in [0.15, 0.2) is 28.9 Å². The lowest BCUT2D eigenvalue weighted by atomic mass is 10.1. The van der Waals surface area contributed by atoms with Crippen LogP contribution in [0.1, 0.15) is 18.4 Å². The van der Waals surface area contributed by atoms with Crippen molar-refractivity contribution in [3.8, 4) is 0 Å². The zero-order valence-corrected chi connectivity index (χ0v) is 7.03. The maximum absolute atomic E-state index is 9.93. The highest BCUT2D eigenvalue weighted by molar-refractivity contribution is 5.80. The predicted octanol–water partition coefficient (Wildman–Crippen LogP) is 1.81. The first-order chi connectivity index (χ1) is 6.30. The molecule has 1 saturated carbocycles. The van der Waals surface area contributed by atoms with Gasteiger partial charge in [-0.15, -0.1) is 0 Å². The number of hydrogen-bond acceptors (Lipinski definition) is 3. The Labute approximate surface area is 75.0 Å². The number of hydrogen-bond donors (Lipinski definition) is 1. The van der Waals surface area contributed by atoms with E-state index in [4.69, 9.17) is 4.52 Å². The number of para-hydroxylation sites is 1. The highest BCUT2D eigenvalue weighted by atomic mass is 16.5. The summed E-state index contributed by atoms with van der Waals surface area (Å²) in [5.74, 6) is 0. The quantitative estimate of drug-likeness (QED) is 0.718. The van der Waals surface area contributed by atoms with Crippen LogP contribution in [0.25, 0.3) is 11.0 Å². The summed E-state index contributed by atoms with van der Waals surface area (Å²) in [7, 11) is 0. The normalized spacial score (nSPS) is 19.2. The van der Waals surface area contributed by atoms with E-state index in [2.05, 4.69) is 5.16 Å². The van der Waals surface area contributed by atoms with Crippen molar-refractivity contribution in [2.45, 2.75) is 18.4 Å². The molecule has 0 aliphatic heterocycles. The van der Waals surface area contributed by atoms with E-state index in [-0.39, 0.29) is 0 Å². The van der Waals surface area contributed by atoms with Crippen molar-refractivity contribution in [1.29, 1.82) is 0 Å². The van der Waals surface area contributed by atoms with Crippen LogP contribution in [0, 0.1) is 0 Å². The van der Waals surface area contributed by atoms with Crippen LogP contribution in [0.4, 0.5) is 0 Å². The Kier molecular flexibility index (Phi) is 1.15. The molecule has 0 spiro atoms. The molecule has 1 aliphatic rings. The molecule has 1 fully saturated rings. The molecule has 1 aliphatic carbocycles. The largest absolute Gasteiger partial charge is 0.385 e. The highest BCUT2D eigenvalue weighted by Gasteiger charge is 2.44. The van der Waals surface area contributed by atoms with Crippen molar-refractivity contribution in [2.75, 3.05) is 0 Å². The first kappa shape index (κ1) is 7.09. The van der Waals surface area contributed by atoms with Crippen molar-refractivity contribution >= 4 is 11.0 Å². The molecule has 0 amide bonds. The van der Waals surface area contributed by atoms with Crippen LogP contribution in [0.2, 0.25) is 0 Å². The van der Waals surface area contributed by atoms with Gasteiger partial charge in [-0.2, -0.15) is 0 Å². The molecule has 0 unspecified atom stereocenters. The molecule has 66 valence electrons. The van der Waals surface area contributed by atoms with E-state index in [1.165, 1.54) is 0 Å². The highest BCUT2D eigenvalue weighted by Crippen LogP contribution is 2.47. The average Bonchev–Trinajstić information content (AvgIpc) is 2.72. The minimum Gasteiger partial charge on any atom is -0.385 e. The summed E-state index contributed by atoms with van der Waals surface area (Å²) in [4.78, 5) is 0. The predicted molar refractivity (Wildman–Crippen MR) is 47.1 cm³/mol. The van der Waals surface area contributed by atoms with Gasteiger partial charge in [0.05, 0.1) is 11.8 Å². The van der Waals surface area contributed by atoms with Gasteiger partial charge < -0.3 is 9.63 Å². The summed E-state index contributed by atoms with van der Waals surface area (Å²) in [6, 6.07) is 5.76. The van der Waals surface area contributed by atoms with E-state index < -0.39 is 5.60 Å². The molecular formula is C10H9NO2. The third-order valence-electron chi connectivity index (χ3n) is 2.61. The standard InChI is InChI=1S/C10H9NO2/c12-10(4-5-10)8-3-1-2-7-6-11-13-9(7)8/h1-3,6,12H,4-5H2. The molecular weight excluding hydrogens is 166 g/mol. The molecule has 0 saturated heterocycles. The van der Waals surface area contributed by atoms with E-state index in [1.54, 1.807) is 6.20 Å². The van der Waals surface area contributed by atoms with Crippen LogP contribution in [-0.4, -0.2) is 10.3 Å². The molecule has 3 nitrogen and oxygen atoms in total. The van der Waals surface area contributed by atoms with Crippen molar-refractivity contribution < 1.29 is 9.63 Å². The first-order valence-electron chi connectivity index (χ1n) is 4.36. The fraction of sp³-hybridized carbons (Fsp3) is 0.300. The van der Waals surface area contributed by atoms with Gasteiger partial charge in [0.25, 0.3) is 0 Å². The van der Waals surface area contributed by atoms with E-state index in [9.17, 15) is 5.11 Å². The Morgan fingerprint density at radius 1 is 1.38 bits per heavy atom. The Bertz CT molecular complexity index is 457. The van der Waals surface area contributed by atoms with Crippen molar-refractivity contribution in [3.05, 3.63) is 30.0 Å². The van der Waals surface area contributed by atoms with Gasteiger partial charge in [-0.3, -0.25) is 0 Å². The Morgan fingerprint density at radius 3 is 3.00 bits per heavy atom. The number of benzene rings is 1. The monoisotopic (exact) mass is 175 g/mol. The maximum atomic E-state index is 9.93. The van der Waals surface area contributed by atoms with Gasteiger partial charge in [-0.25, -0.2) is 0 Å². The van der Waals surface area contributed by atoms with Gasteiger partial charge in [0.2, 0.25) is 0 Å².